The van der Waals surface area contributed by atoms with Crippen LogP contribution >= 0.6 is 0 Å². The van der Waals surface area contributed by atoms with Crippen LogP contribution in [0.25, 0.3) is 0 Å². The highest BCUT2D eigenvalue weighted by Gasteiger charge is 2.74. The van der Waals surface area contributed by atoms with Crippen molar-refractivity contribution in [3.8, 4) is 0 Å². The van der Waals surface area contributed by atoms with Gasteiger partial charge in [-0.15, -0.1) is 0 Å². The highest BCUT2D eigenvalue weighted by Crippen LogP contribution is 2.60. The molecule has 162 valence electrons. The molecule has 30 heavy (non-hydrogen) atoms. The fraction of sp³-hybridized carbons (Fsp3) is 0.591. The number of fused-ring (bicyclic) bond motifs is 4. The number of allylic oxidation sites excluding steroid dienone is 1. The van der Waals surface area contributed by atoms with Crippen LogP contribution in [0.15, 0.2) is 35.5 Å². The molecule has 4 rings (SSSR count). The molecule has 8 heteroatoms. The van der Waals surface area contributed by atoms with Crippen LogP contribution in [0, 0.1) is 11.8 Å². The first-order chi connectivity index (χ1) is 14.0. The molecule has 7 atom stereocenters. The Bertz CT molecular complexity index is 895. The number of carbonyl (C=O) groups excluding carboxylic acids is 3. The number of hydrogen-bond acceptors (Lipinski definition) is 8. The largest absolute Gasteiger partial charge is 0.458 e. The van der Waals surface area contributed by atoms with Crippen molar-refractivity contribution < 1.29 is 38.4 Å². The predicted octanol–water partition coefficient (Wildman–Crippen LogP) is 1.37. The van der Waals surface area contributed by atoms with Crippen molar-refractivity contribution in [2.75, 3.05) is 6.61 Å². The molecule has 1 N–H and O–H groups in total. The zero-order chi connectivity index (χ0) is 22.0. The number of hydrogen-bond donors (Lipinski definition) is 1. The van der Waals surface area contributed by atoms with Gasteiger partial charge in [0.05, 0.1) is 18.4 Å². The molecular formula is C22H26O8. The first kappa shape index (κ1) is 20.8. The molecule has 4 aliphatic rings. The first-order valence-corrected chi connectivity index (χ1v) is 10.0. The number of carbonyl (C=O) groups is 3. The van der Waals surface area contributed by atoms with Gasteiger partial charge in [-0.3, -0.25) is 4.79 Å². The second-order valence-electron chi connectivity index (χ2n) is 8.58. The van der Waals surface area contributed by atoms with Crippen molar-refractivity contribution in [2.24, 2.45) is 11.8 Å². The summed E-state index contributed by atoms with van der Waals surface area (Å²) in [7, 11) is 0. The summed E-state index contributed by atoms with van der Waals surface area (Å²) in [6.45, 7) is 10.5. The van der Waals surface area contributed by atoms with Gasteiger partial charge in [-0.25, -0.2) is 9.59 Å². The van der Waals surface area contributed by atoms with E-state index < -0.39 is 59.3 Å². The van der Waals surface area contributed by atoms with Gasteiger partial charge in [-0.2, -0.15) is 0 Å². The van der Waals surface area contributed by atoms with E-state index in [-0.39, 0.29) is 12.0 Å². The minimum Gasteiger partial charge on any atom is -0.458 e. The molecule has 1 spiro atoms. The SMILES string of the molecule is C=C1C(=O)O[C@H]2[C@H]1[C@H](OC(=O)/C(C)=C/C)C[C@]1(CO1)[C@@H]1[C@H](OC(C)=O)C=C(C)[C@]21O. The summed E-state index contributed by atoms with van der Waals surface area (Å²) in [6.07, 6.45) is 0.952. The van der Waals surface area contributed by atoms with Gasteiger partial charge in [0.2, 0.25) is 0 Å². The zero-order valence-corrected chi connectivity index (χ0v) is 17.5. The molecule has 2 aliphatic carbocycles. The van der Waals surface area contributed by atoms with Gasteiger partial charge >= 0.3 is 17.9 Å². The van der Waals surface area contributed by atoms with E-state index >= 15 is 0 Å². The second-order valence-corrected chi connectivity index (χ2v) is 8.58. The molecule has 0 aromatic carbocycles. The van der Waals surface area contributed by atoms with Gasteiger partial charge in [0, 0.05) is 24.5 Å². The number of aliphatic hydroxyl groups is 1. The molecule has 8 nitrogen and oxygen atoms in total. The van der Waals surface area contributed by atoms with Crippen LogP contribution in [0.1, 0.15) is 34.1 Å². The third-order valence-corrected chi connectivity index (χ3v) is 6.85. The smallest absolute Gasteiger partial charge is 0.334 e. The fourth-order valence-electron chi connectivity index (χ4n) is 5.18. The van der Waals surface area contributed by atoms with Gasteiger partial charge in [-0.1, -0.05) is 12.7 Å². The monoisotopic (exact) mass is 418 g/mol. The van der Waals surface area contributed by atoms with E-state index in [0.717, 1.165) is 0 Å². The topological polar surface area (TPSA) is 112 Å². The fourth-order valence-corrected chi connectivity index (χ4v) is 5.18. The van der Waals surface area contributed by atoms with Gasteiger partial charge in [0.15, 0.2) is 0 Å². The Kier molecular flexibility index (Phi) is 4.70. The van der Waals surface area contributed by atoms with Gasteiger partial charge < -0.3 is 24.1 Å². The van der Waals surface area contributed by atoms with Crippen molar-refractivity contribution in [2.45, 2.75) is 63.6 Å². The predicted molar refractivity (Wildman–Crippen MR) is 103 cm³/mol. The Labute approximate surface area is 174 Å². The van der Waals surface area contributed by atoms with E-state index in [9.17, 15) is 19.5 Å². The van der Waals surface area contributed by atoms with Crippen LogP contribution < -0.4 is 0 Å². The minimum absolute atomic E-state index is 0.143. The molecule has 0 radical (unpaired) electrons. The first-order valence-electron chi connectivity index (χ1n) is 10.0. The van der Waals surface area contributed by atoms with Crippen molar-refractivity contribution >= 4 is 17.9 Å². The van der Waals surface area contributed by atoms with Crippen LogP contribution in [0.5, 0.6) is 0 Å². The minimum atomic E-state index is -1.65. The van der Waals surface area contributed by atoms with E-state index in [1.807, 2.05) is 0 Å². The van der Waals surface area contributed by atoms with E-state index in [4.69, 9.17) is 18.9 Å². The quantitative estimate of drug-likeness (QED) is 0.241. The molecule has 1 saturated carbocycles. The van der Waals surface area contributed by atoms with Crippen LogP contribution in [0.4, 0.5) is 0 Å². The summed E-state index contributed by atoms with van der Waals surface area (Å²) in [5.41, 5.74) is -1.44. The Morgan fingerprint density at radius 1 is 1.33 bits per heavy atom. The number of rotatable bonds is 3. The third-order valence-electron chi connectivity index (χ3n) is 6.85. The summed E-state index contributed by atoms with van der Waals surface area (Å²) < 4.78 is 22.7. The molecule has 0 aromatic heterocycles. The Hall–Kier alpha value is -2.45. The molecule has 0 bridgehead atoms. The average molecular weight is 418 g/mol. The number of esters is 3. The third kappa shape index (κ3) is 2.85. The number of ether oxygens (including phenoxy) is 4. The highest BCUT2D eigenvalue weighted by atomic mass is 16.6. The van der Waals surface area contributed by atoms with E-state index in [2.05, 4.69) is 6.58 Å². The lowest BCUT2D eigenvalue weighted by molar-refractivity contribution is -0.169. The van der Waals surface area contributed by atoms with Crippen molar-refractivity contribution in [1.82, 2.24) is 0 Å². The van der Waals surface area contributed by atoms with Crippen LogP contribution in [0.3, 0.4) is 0 Å². The van der Waals surface area contributed by atoms with Crippen molar-refractivity contribution in [1.29, 1.82) is 0 Å². The normalized spacial score (nSPS) is 42.1. The summed E-state index contributed by atoms with van der Waals surface area (Å²) >= 11 is 0. The lowest BCUT2D eigenvalue weighted by Crippen LogP contribution is -2.56. The summed E-state index contributed by atoms with van der Waals surface area (Å²) in [4.78, 5) is 36.7. The van der Waals surface area contributed by atoms with Gasteiger partial charge in [0.25, 0.3) is 0 Å². The molecule has 0 amide bonds. The average Bonchev–Trinajstić information content (AvgIpc) is 3.31. The summed E-state index contributed by atoms with van der Waals surface area (Å²) in [6, 6.07) is 0. The molecule has 2 aliphatic heterocycles. The standard InChI is InChI=1S/C22H26O8/c1-6-10(2)19(24)29-15-8-21(9-27-21)17-14(28-13(5)23)7-11(3)22(17,26)18-16(15)12(4)20(25)30-18/h6-7,14-18,26H,4,8-9H2,1-3,5H3/b10-6+/t14-,15-,16-,17+,18+,21+,22-/m1/s1. The van der Waals surface area contributed by atoms with E-state index in [0.29, 0.717) is 17.8 Å². The van der Waals surface area contributed by atoms with Crippen LogP contribution in [-0.2, 0) is 33.3 Å². The lowest BCUT2D eigenvalue weighted by Gasteiger charge is -2.39. The zero-order valence-electron chi connectivity index (χ0n) is 17.5. The van der Waals surface area contributed by atoms with Gasteiger partial charge in [-0.05, 0) is 32.4 Å². The van der Waals surface area contributed by atoms with E-state index in [1.54, 1.807) is 32.9 Å². The Morgan fingerprint density at radius 3 is 2.57 bits per heavy atom. The second kappa shape index (κ2) is 6.78. The van der Waals surface area contributed by atoms with Crippen LogP contribution in [0.2, 0.25) is 0 Å². The molecule has 3 fully saturated rings. The summed E-state index contributed by atoms with van der Waals surface area (Å²) in [5, 5.41) is 11.9. The molecular weight excluding hydrogens is 392 g/mol. The van der Waals surface area contributed by atoms with E-state index in [1.165, 1.54) is 6.92 Å². The van der Waals surface area contributed by atoms with Crippen LogP contribution in [-0.4, -0.2) is 59.1 Å². The lowest BCUT2D eigenvalue weighted by atomic mass is 9.73. The molecule has 0 unspecified atom stereocenters. The highest BCUT2D eigenvalue weighted by molar-refractivity contribution is 5.92. The molecule has 0 aromatic rings. The molecule has 2 heterocycles. The number of epoxide rings is 1. The maximum absolute atomic E-state index is 12.5. The maximum Gasteiger partial charge on any atom is 0.334 e. The maximum atomic E-state index is 12.5. The van der Waals surface area contributed by atoms with Crippen molar-refractivity contribution in [3.05, 3.63) is 35.5 Å². The Morgan fingerprint density at radius 2 is 2.00 bits per heavy atom. The summed E-state index contributed by atoms with van der Waals surface area (Å²) in [5.74, 6) is -3.11. The Balaban J connectivity index is 1.80. The van der Waals surface area contributed by atoms with Crippen molar-refractivity contribution in [3.63, 3.8) is 0 Å². The van der Waals surface area contributed by atoms with Gasteiger partial charge in [0.1, 0.15) is 29.5 Å². The molecule has 2 saturated heterocycles.